The average molecular weight is 510 g/mol. The maximum absolute atomic E-state index is 13.6. The topological polar surface area (TPSA) is 76.2 Å². The summed E-state index contributed by atoms with van der Waals surface area (Å²) >= 11 is 1.67. The molecular weight excluding hydrogens is 474 g/mol. The Morgan fingerprint density at radius 1 is 1.17 bits per heavy atom. The standard InChI is InChI=1S/C27H35N5O3S/c1-4-30-19-25(33)31-23(13-12-20(2)3)26(34)29(15-14-22-11-8-16-36-22)18-24(31)32(30)27(35)28-17-21-9-6-5-7-10-21/h5-11,16,23-24H,2,4,12-15,17-19H2,1,3H3,(H,28,35)/t23-,24-/m0/s1. The number of hydrazine groups is 1. The lowest BCUT2D eigenvalue weighted by Crippen LogP contribution is -2.76. The maximum atomic E-state index is 13.6. The van der Waals surface area contributed by atoms with E-state index >= 15 is 0 Å². The fraction of sp³-hybridized carbons (Fsp3) is 0.444. The fourth-order valence-electron chi connectivity index (χ4n) is 4.88. The molecule has 2 aliphatic rings. The van der Waals surface area contributed by atoms with Crippen LogP contribution >= 0.6 is 11.3 Å². The summed E-state index contributed by atoms with van der Waals surface area (Å²) in [5.74, 6) is -0.168. The number of carbonyl (C=O) groups excluding carboxylic acids is 3. The van der Waals surface area contributed by atoms with Gasteiger partial charge in [-0.15, -0.1) is 17.9 Å². The van der Waals surface area contributed by atoms with Crippen molar-refractivity contribution in [1.29, 1.82) is 0 Å². The molecule has 0 aliphatic carbocycles. The summed E-state index contributed by atoms with van der Waals surface area (Å²) in [6.07, 6.45) is 1.33. The van der Waals surface area contributed by atoms with E-state index in [4.69, 9.17) is 0 Å². The molecule has 1 aromatic carbocycles. The molecule has 2 aliphatic heterocycles. The van der Waals surface area contributed by atoms with Crippen molar-refractivity contribution in [3.8, 4) is 0 Å². The molecule has 0 unspecified atom stereocenters. The van der Waals surface area contributed by atoms with Crippen LogP contribution < -0.4 is 5.32 Å². The summed E-state index contributed by atoms with van der Waals surface area (Å²) < 4.78 is 0. The number of allylic oxidation sites excluding steroid dienone is 1. The van der Waals surface area contributed by atoms with Crippen LogP contribution in [-0.2, 0) is 22.6 Å². The second kappa shape index (κ2) is 11.7. The Bertz CT molecular complexity index is 1070. The molecule has 2 saturated heterocycles. The lowest BCUT2D eigenvalue weighted by molar-refractivity contribution is -0.190. The van der Waals surface area contributed by atoms with Gasteiger partial charge in [-0.3, -0.25) is 9.59 Å². The molecule has 0 bridgehead atoms. The number of carbonyl (C=O) groups is 3. The molecule has 4 amide bonds. The molecule has 2 aromatic rings. The molecule has 9 heteroatoms. The number of nitrogens with one attached hydrogen (secondary N) is 1. The Hall–Kier alpha value is -3.17. The summed E-state index contributed by atoms with van der Waals surface area (Å²) in [7, 11) is 0. The predicted octanol–water partition coefficient (Wildman–Crippen LogP) is 3.47. The monoisotopic (exact) mass is 509 g/mol. The van der Waals surface area contributed by atoms with Gasteiger partial charge in [-0.2, -0.15) is 0 Å². The Morgan fingerprint density at radius 2 is 1.94 bits per heavy atom. The number of hydrogen-bond donors (Lipinski definition) is 1. The highest BCUT2D eigenvalue weighted by Crippen LogP contribution is 2.29. The van der Waals surface area contributed by atoms with Crippen molar-refractivity contribution in [2.45, 2.75) is 51.9 Å². The van der Waals surface area contributed by atoms with Gasteiger partial charge in [0.25, 0.3) is 0 Å². The lowest BCUT2D eigenvalue weighted by Gasteiger charge is -2.55. The van der Waals surface area contributed by atoms with Crippen LogP contribution in [0.2, 0.25) is 0 Å². The number of fused-ring (bicyclic) bond motifs is 1. The number of piperazine rings is 1. The Kier molecular flexibility index (Phi) is 8.43. The van der Waals surface area contributed by atoms with E-state index in [1.165, 1.54) is 4.88 Å². The Morgan fingerprint density at radius 3 is 2.61 bits per heavy atom. The second-order valence-electron chi connectivity index (χ2n) is 9.38. The van der Waals surface area contributed by atoms with Gasteiger partial charge in [0.2, 0.25) is 11.8 Å². The molecule has 2 atom stereocenters. The van der Waals surface area contributed by atoms with E-state index in [1.807, 2.05) is 60.5 Å². The van der Waals surface area contributed by atoms with Crippen LogP contribution in [0, 0.1) is 0 Å². The van der Waals surface area contributed by atoms with E-state index in [-0.39, 0.29) is 30.9 Å². The van der Waals surface area contributed by atoms with Gasteiger partial charge in [-0.1, -0.05) is 48.9 Å². The molecule has 3 heterocycles. The number of nitrogens with zero attached hydrogens (tertiary/aromatic N) is 4. The zero-order valence-corrected chi connectivity index (χ0v) is 21.9. The Labute approximate surface area is 217 Å². The highest BCUT2D eigenvalue weighted by atomic mass is 32.1. The summed E-state index contributed by atoms with van der Waals surface area (Å²) in [6, 6.07) is 12.9. The zero-order valence-electron chi connectivity index (χ0n) is 21.1. The third-order valence-electron chi connectivity index (χ3n) is 6.74. The van der Waals surface area contributed by atoms with E-state index in [2.05, 4.69) is 18.0 Å². The SMILES string of the molecule is C=C(C)CC[C@H]1C(=O)N(CCc2cccs2)C[C@H]2N1C(=O)CN(CC)N2C(=O)NCc1ccccc1. The zero-order chi connectivity index (χ0) is 25.7. The van der Waals surface area contributed by atoms with Crippen LogP contribution in [0.1, 0.15) is 37.1 Å². The van der Waals surface area contributed by atoms with Gasteiger partial charge in [0.15, 0.2) is 0 Å². The quantitative estimate of drug-likeness (QED) is 0.525. The van der Waals surface area contributed by atoms with Crippen molar-refractivity contribution in [2.75, 3.05) is 26.2 Å². The first-order chi connectivity index (χ1) is 17.4. The fourth-order valence-corrected chi connectivity index (χ4v) is 5.58. The molecule has 0 saturated carbocycles. The average Bonchev–Trinajstić information content (AvgIpc) is 3.39. The van der Waals surface area contributed by atoms with Gasteiger partial charge in [0.05, 0.1) is 13.1 Å². The van der Waals surface area contributed by atoms with E-state index in [1.54, 1.807) is 26.3 Å². The number of benzene rings is 1. The van der Waals surface area contributed by atoms with E-state index < -0.39 is 12.2 Å². The van der Waals surface area contributed by atoms with Crippen LogP contribution in [0.5, 0.6) is 0 Å². The van der Waals surface area contributed by atoms with Gasteiger partial charge >= 0.3 is 6.03 Å². The normalized spacial score (nSPS) is 20.4. The number of thiophene rings is 1. The smallest absolute Gasteiger partial charge is 0.334 e. The molecule has 0 radical (unpaired) electrons. The van der Waals surface area contributed by atoms with Gasteiger partial charge in [-0.05, 0) is 43.2 Å². The van der Waals surface area contributed by atoms with Gasteiger partial charge in [-0.25, -0.2) is 14.8 Å². The number of urea groups is 1. The third kappa shape index (κ3) is 5.79. The van der Waals surface area contributed by atoms with Crippen LogP contribution in [0.25, 0.3) is 0 Å². The third-order valence-corrected chi connectivity index (χ3v) is 7.68. The molecule has 1 N–H and O–H groups in total. The first-order valence-corrected chi connectivity index (χ1v) is 13.4. The molecule has 36 heavy (non-hydrogen) atoms. The molecule has 192 valence electrons. The Balaban J connectivity index is 1.59. The summed E-state index contributed by atoms with van der Waals surface area (Å²) in [5, 5.41) is 8.49. The van der Waals surface area contributed by atoms with Crippen molar-refractivity contribution in [1.82, 2.24) is 25.1 Å². The first-order valence-electron chi connectivity index (χ1n) is 12.5. The molecule has 0 spiro atoms. The lowest BCUT2D eigenvalue weighted by atomic mass is 9.99. The number of likely N-dealkylation sites (N-methyl/N-ethyl adjacent to an activating group) is 1. The van der Waals surface area contributed by atoms with Crippen LogP contribution in [0.3, 0.4) is 0 Å². The van der Waals surface area contributed by atoms with Crippen molar-refractivity contribution >= 4 is 29.2 Å². The molecule has 2 fully saturated rings. The summed E-state index contributed by atoms with van der Waals surface area (Å²) in [4.78, 5) is 45.2. The van der Waals surface area contributed by atoms with Gasteiger partial charge in [0.1, 0.15) is 12.2 Å². The maximum Gasteiger partial charge on any atom is 0.334 e. The summed E-state index contributed by atoms with van der Waals surface area (Å²) in [5.41, 5.74) is 1.96. The minimum absolute atomic E-state index is 0.0491. The number of amides is 4. The largest absolute Gasteiger partial charge is 0.337 e. The minimum atomic E-state index is -0.611. The van der Waals surface area contributed by atoms with E-state index in [0.717, 1.165) is 17.6 Å². The van der Waals surface area contributed by atoms with Crippen molar-refractivity contribution < 1.29 is 14.4 Å². The van der Waals surface area contributed by atoms with Crippen LogP contribution in [-0.4, -0.2) is 76.0 Å². The van der Waals surface area contributed by atoms with Crippen LogP contribution in [0.15, 0.2) is 60.0 Å². The predicted molar refractivity (Wildman–Crippen MR) is 141 cm³/mol. The molecule has 8 nitrogen and oxygen atoms in total. The van der Waals surface area contributed by atoms with Crippen molar-refractivity contribution in [3.63, 3.8) is 0 Å². The van der Waals surface area contributed by atoms with E-state index in [0.29, 0.717) is 32.5 Å². The number of rotatable bonds is 9. The van der Waals surface area contributed by atoms with Gasteiger partial charge < -0.3 is 15.1 Å². The molecular formula is C27H35N5O3S. The van der Waals surface area contributed by atoms with E-state index in [9.17, 15) is 14.4 Å². The first kappa shape index (κ1) is 25.9. The molecule has 1 aromatic heterocycles. The molecule has 4 rings (SSSR count). The van der Waals surface area contributed by atoms with Crippen molar-refractivity contribution in [3.05, 3.63) is 70.4 Å². The highest BCUT2D eigenvalue weighted by Gasteiger charge is 2.50. The second-order valence-corrected chi connectivity index (χ2v) is 10.4. The minimum Gasteiger partial charge on any atom is -0.337 e. The van der Waals surface area contributed by atoms with Crippen LogP contribution in [0.4, 0.5) is 4.79 Å². The number of hydrogen-bond acceptors (Lipinski definition) is 5. The van der Waals surface area contributed by atoms with Gasteiger partial charge in [0, 0.05) is 24.5 Å². The van der Waals surface area contributed by atoms with Crippen molar-refractivity contribution in [2.24, 2.45) is 0 Å². The highest BCUT2D eigenvalue weighted by molar-refractivity contribution is 7.09. The summed E-state index contributed by atoms with van der Waals surface area (Å²) in [6.45, 7) is 9.64.